The van der Waals surface area contributed by atoms with Gasteiger partial charge in [0.1, 0.15) is 10.8 Å². The van der Waals surface area contributed by atoms with Crippen LogP contribution >= 0.6 is 23.2 Å². The number of nitrogens with zero attached hydrogens (tertiary/aromatic N) is 4. The van der Waals surface area contributed by atoms with Crippen LogP contribution in [-0.2, 0) is 13.0 Å². The number of aromatic nitrogens is 4. The molecule has 0 aliphatic heterocycles. The van der Waals surface area contributed by atoms with E-state index in [4.69, 9.17) is 28.9 Å². The molecule has 7 heteroatoms. The third-order valence-corrected chi connectivity index (χ3v) is 4.85. The summed E-state index contributed by atoms with van der Waals surface area (Å²) >= 11 is 12.6. The second-order valence-corrected chi connectivity index (χ2v) is 6.27. The Morgan fingerprint density at radius 2 is 1.70 bits per heavy atom. The topological polar surface area (TPSA) is 69.6 Å². The molecule has 0 atom stereocenters. The lowest BCUT2D eigenvalue weighted by atomic mass is 10.1. The molecule has 0 spiro atoms. The molecule has 0 bridgehead atoms. The van der Waals surface area contributed by atoms with Gasteiger partial charge in [-0.05, 0) is 37.0 Å². The van der Waals surface area contributed by atoms with Crippen LogP contribution in [0.25, 0.3) is 11.0 Å². The summed E-state index contributed by atoms with van der Waals surface area (Å²) in [7, 11) is 0. The Balaban J connectivity index is 0.000000855. The van der Waals surface area contributed by atoms with Crippen molar-refractivity contribution in [3.8, 4) is 0 Å². The number of nitrogens with two attached hydrogens (primary N) is 1. The number of rotatable bonds is 3. The first kappa shape index (κ1) is 23.2. The van der Waals surface area contributed by atoms with E-state index in [1.165, 1.54) is 0 Å². The van der Waals surface area contributed by atoms with Crippen LogP contribution in [0.1, 0.15) is 57.0 Å². The fraction of sp³-hybridized carbons (Fsp3) is 0.450. The molecule has 3 heterocycles. The summed E-state index contributed by atoms with van der Waals surface area (Å²) in [6.45, 7) is 14.5. The maximum absolute atomic E-state index is 6.33. The van der Waals surface area contributed by atoms with Crippen LogP contribution in [0.4, 0.5) is 5.95 Å². The molecule has 148 valence electrons. The fourth-order valence-electron chi connectivity index (χ4n) is 2.70. The van der Waals surface area contributed by atoms with Crippen LogP contribution in [0, 0.1) is 13.8 Å². The molecule has 0 saturated heterocycles. The minimum absolute atomic E-state index is 0.163. The van der Waals surface area contributed by atoms with Crippen molar-refractivity contribution < 1.29 is 0 Å². The van der Waals surface area contributed by atoms with E-state index < -0.39 is 0 Å². The number of pyridine rings is 1. The number of hydrogen-bond acceptors (Lipinski definition) is 4. The standard InChI is InChI=1S/C16H17Cl2N5.2C2H6/c1-4-10-6-23(15-12(10)14(18)21-16(19)22-15)7-11-9(3)13(17)8(2)5-20-11;2*1-2/h5-6H,4,7H2,1-3H3,(H2,19,21,22);2*1-2H3. The minimum atomic E-state index is 0.163. The minimum Gasteiger partial charge on any atom is -0.368 e. The Bertz CT molecular complexity index is 903. The zero-order valence-electron chi connectivity index (χ0n) is 17.2. The average molecular weight is 410 g/mol. The van der Waals surface area contributed by atoms with E-state index in [2.05, 4.69) is 21.9 Å². The van der Waals surface area contributed by atoms with Gasteiger partial charge in [-0.2, -0.15) is 4.98 Å². The van der Waals surface area contributed by atoms with Gasteiger partial charge in [0.05, 0.1) is 17.6 Å². The molecule has 5 nitrogen and oxygen atoms in total. The molecule has 0 saturated carbocycles. The highest BCUT2D eigenvalue weighted by atomic mass is 35.5. The van der Waals surface area contributed by atoms with E-state index in [9.17, 15) is 0 Å². The molecule has 0 amide bonds. The van der Waals surface area contributed by atoms with E-state index in [-0.39, 0.29) is 5.95 Å². The average Bonchev–Trinajstić information content (AvgIpc) is 3.03. The Kier molecular flexibility index (Phi) is 9.00. The lowest BCUT2D eigenvalue weighted by Crippen LogP contribution is -2.06. The van der Waals surface area contributed by atoms with Crippen LogP contribution in [0.5, 0.6) is 0 Å². The van der Waals surface area contributed by atoms with Gasteiger partial charge in [-0.25, -0.2) is 4.98 Å². The maximum Gasteiger partial charge on any atom is 0.223 e. The van der Waals surface area contributed by atoms with Gasteiger partial charge >= 0.3 is 0 Å². The van der Waals surface area contributed by atoms with Crippen LogP contribution in [-0.4, -0.2) is 19.5 Å². The van der Waals surface area contributed by atoms with Gasteiger partial charge in [-0.1, -0.05) is 57.8 Å². The van der Waals surface area contributed by atoms with Gasteiger partial charge in [0, 0.05) is 17.4 Å². The summed E-state index contributed by atoms with van der Waals surface area (Å²) in [5.41, 5.74) is 10.4. The monoisotopic (exact) mass is 409 g/mol. The molecule has 3 aromatic rings. The molecule has 0 fully saturated rings. The summed E-state index contributed by atoms with van der Waals surface area (Å²) in [6, 6.07) is 0. The number of hydrogen-bond donors (Lipinski definition) is 1. The molecule has 0 aromatic carbocycles. The Hall–Kier alpha value is -1.85. The second-order valence-electron chi connectivity index (χ2n) is 5.53. The van der Waals surface area contributed by atoms with Crippen molar-refractivity contribution in [3.63, 3.8) is 0 Å². The Labute approximate surface area is 171 Å². The van der Waals surface area contributed by atoms with Gasteiger partial charge in [0.25, 0.3) is 0 Å². The van der Waals surface area contributed by atoms with Gasteiger partial charge in [-0.3, -0.25) is 4.98 Å². The first-order valence-corrected chi connectivity index (χ1v) is 10.1. The highest BCUT2D eigenvalue weighted by Gasteiger charge is 2.16. The lowest BCUT2D eigenvalue weighted by molar-refractivity contribution is 0.785. The van der Waals surface area contributed by atoms with E-state index in [1.807, 2.05) is 52.3 Å². The zero-order valence-corrected chi connectivity index (χ0v) is 18.7. The molecule has 2 N–H and O–H groups in total. The third kappa shape index (κ3) is 4.90. The molecule has 0 aliphatic carbocycles. The van der Waals surface area contributed by atoms with Gasteiger partial charge in [0.15, 0.2) is 0 Å². The predicted octanol–water partition coefficient (Wildman–Crippen LogP) is 6.00. The molecular formula is C20H29Cl2N5. The van der Waals surface area contributed by atoms with Crippen molar-refractivity contribution in [2.24, 2.45) is 0 Å². The van der Waals surface area contributed by atoms with Crippen molar-refractivity contribution in [1.29, 1.82) is 0 Å². The van der Waals surface area contributed by atoms with Gasteiger partial charge < -0.3 is 10.3 Å². The summed E-state index contributed by atoms with van der Waals surface area (Å²) < 4.78 is 2.00. The molecule has 27 heavy (non-hydrogen) atoms. The Morgan fingerprint density at radius 3 is 2.30 bits per heavy atom. The summed E-state index contributed by atoms with van der Waals surface area (Å²) in [5.74, 6) is 0.163. The number of nitrogen functional groups attached to an aromatic ring is 1. The molecule has 0 unspecified atom stereocenters. The first-order valence-electron chi connectivity index (χ1n) is 9.33. The molecule has 0 radical (unpaired) electrons. The summed E-state index contributed by atoms with van der Waals surface area (Å²) in [4.78, 5) is 12.9. The molecule has 0 aliphatic rings. The number of halogens is 2. The van der Waals surface area contributed by atoms with E-state index in [0.717, 1.165) is 44.9 Å². The largest absolute Gasteiger partial charge is 0.368 e. The highest BCUT2D eigenvalue weighted by Crippen LogP contribution is 2.29. The first-order chi connectivity index (χ1) is 12.9. The van der Waals surface area contributed by atoms with E-state index >= 15 is 0 Å². The smallest absolute Gasteiger partial charge is 0.223 e. The highest BCUT2D eigenvalue weighted by molar-refractivity contribution is 6.34. The van der Waals surface area contributed by atoms with Gasteiger partial charge in [0.2, 0.25) is 5.95 Å². The number of anilines is 1. The van der Waals surface area contributed by atoms with Gasteiger partial charge in [-0.15, -0.1) is 0 Å². The maximum atomic E-state index is 6.33. The van der Waals surface area contributed by atoms with Crippen LogP contribution in [0.3, 0.4) is 0 Å². The zero-order chi connectivity index (χ0) is 20.7. The predicted molar refractivity (Wildman–Crippen MR) is 117 cm³/mol. The van der Waals surface area contributed by atoms with Crippen LogP contribution in [0.15, 0.2) is 12.4 Å². The van der Waals surface area contributed by atoms with Crippen molar-refractivity contribution in [2.75, 3.05) is 5.73 Å². The number of aryl methyl sites for hydroxylation is 2. The molecule has 3 rings (SSSR count). The molecular weight excluding hydrogens is 381 g/mol. The quantitative estimate of drug-likeness (QED) is 0.538. The van der Waals surface area contributed by atoms with Crippen molar-refractivity contribution >= 4 is 40.2 Å². The lowest BCUT2D eigenvalue weighted by Gasteiger charge is -2.10. The number of fused-ring (bicyclic) bond motifs is 1. The summed E-state index contributed by atoms with van der Waals surface area (Å²) in [6.07, 6.45) is 4.64. The third-order valence-electron chi connectivity index (χ3n) is 3.99. The SMILES string of the molecule is CC.CC.CCc1cn(Cc2ncc(C)c(Cl)c2C)c2nc(N)nc(Cl)c12. The van der Waals surface area contributed by atoms with E-state index in [0.29, 0.717) is 11.7 Å². The Morgan fingerprint density at radius 1 is 1.07 bits per heavy atom. The second kappa shape index (κ2) is 10.5. The summed E-state index contributed by atoms with van der Waals surface area (Å²) in [5, 5.41) is 1.98. The van der Waals surface area contributed by atoms with Crippen LogP contribution < -0.4 is 5.73 Å². The molecule has 3 aromatic heterocycles. The fourth-order valence-corrected chi connectivity index (χ4v) is 3.15. The van der Waals surface area contributed by atoms with Crippen molar-refractivity contribution in [3.05, 3.63) is 45.0 Å². The van der Waals surface area contributed by atoms with Crippen molar-refractivity contribution in [1.82, 2.24) is 19.5 Å². The van der Waals surface area contributed by atoms with E-state index in [1.54, 1.807) is 6.20 Å². The normalized spacial score (nSPS) is 10.1. The van der Waals surface area contributed by atoms with Crippen molar-refractivity contribution in [2.45, 2.75) is 61.4 Å². The van der Waals surface area contributed by atoms with Crippen LogP contribution in [0.2, 0.25) is 10.2 Å².